The van der Waals surface area contributed by atoms with E-state index in [0.717, 1.165) is 49.1 Å². The number of hydrogen-bond acceptors (Lipinski definition) is 5. The van der Waals surface area contributed by atoms with Crippen LogP contribution in [0, 0.1) is 0 Å². The zero-order chi connectivity index (χ0) is 24.8. The summed E-state index contributed by atoms with van der Waals surface area (Å²) in [6.45, 7) is 2.98. The number of fused-ring (bicyclic) bond motifs is 1. The fraction of sp³-hybridized carbons (Fsp3) is 0.346. The molecule has 9 heteroatoms. The van der Waals surface area contributed by atoms with Crippen LogP contribution in [0.1, 0.15) is 48.7 Å². The molecule has 3 heterocycles. The van der Waals surface area contributed by atoms with Gasteiger partial charge < -0.3 is 4.90 Å². The quantitative estimate of drug-likeness (QED) is 0.342. The van der Waals surface area contributed by atoms with Crippen LogP contribution in [0.25, 0.3) is 22.3 Å². The third-order valence-corrected chi connectivity index (χ3v) is 6.01. The van der Waals surface area contributed by atoms with Crippen molar-refractivity contribution >= 4 is 16.9 Å². The Morgan fingerprint density at radius 1 is 1.09 bits per heavy atom. The van der Waals surface area contributed by atoms with Gasteiger partial charge in [-0.05, 0) is 37.8 Å². The summed E-state index contributed by atoms with van der Waals surface area (Å²) in [4.78, 5) is 45.5. The van der Waals surface area contributed by atoms with Crippen LogP contribution in [-0.4, -0.2) is 49.1 Å². The summed E-state index contributed by atoms with van der Waals surface area (Å²) in [5, 5.41) is 7.74. The van der Waals surface area contributed by atoms with Gasteiger partial charge in [0.15, 0.2) is 0 Å². The number of benzene rings is 1. The summed E-state index contributed by atoms with van der Waals surface area (Å²) in [5.74, 6) is -0.201. The first kappa shape index (κ1) is 24.1. The average Bonchev–Trinajstić information content (AvgIpc) is 3.35. The molecule has 0 aliphatic carbocycles. The van der Waals surface area contributed by atoms with Crippen LogP contribution in [0.2, 0.25) is 0 Å². The highest BCUT2D eigenvalue weighted by Gasteiger charge is 2.16. The predicted molar refractivity (Wildman–Crippen MR) is 135 cm³/mol. The molecule has 9 nitrogen and oxygen atoms in total. The zero-order valence-corrected chi connectivity index (χ0v) is 20.1. The standard InChI is InChI=1S/C26H30N6O3/c1-3-13-32-23-21(24(33)28-26(32)35)15-19(17-27-23)25(34)31(2)14-9-5-8-12-20-16-22(30-29-20)18-10-6-4-7-11-18/h4,6-7,10-11,15-17H,3,5,8-9,12-14H2,1-2H3,(H,29,30)(H,28,33,35). The highest BCUT2D eigenvalue weighted by molar-refractivity contribution is 5.96. The second-order valence-corrected chi connectivity index (χ2v) is 8.69. The Labute approximate surface area is 202 Å². The lowest BCUT2D eigenvalue weighted by Gasteiger charge is -2.17. The molecular weight excluding hydrogens is 444 g/mol. The SMILES string of the molecule is CCCn1c(=O)[nH]c(=O)c2cc(C(=O)N(C)CCCCCc3cc(-c4ccccc4)n[nH]3)cnc21. The van der Waals surface area contributed by atoms with Gasteiger partial charge in [-0.1, -0.05) is 43.7 Å². The van der Waals surface area contributed by atoms with Crippen molar-refractivity contribution in [1.29, 1.82) is 0 Å². The fourth-order valence-corrected chi connectivity index (χ4v) is 4.13. The summed E-state index contributed by atoms with van der Waals surface area (Å²) < 4.78 is 1.43. The fourth-order valence-electron chi connectivity index (χ4n) is 4.13. The van der Waals surface area contributed by atoms with Gasteiger partial charge in [0, 0.05) is 37.6 Å². The number of nitrogens with zero attached hydrogens (tertiary/aromatic N) is 4. The topological polar surface area (TPSA) is 117 Å². The second-order valence-electron chi connectivity index (χ2n) is 8.69. The molecule has 4 aromatic rings. The van der Waals surface area contributed by atoms with E-state index in [1.165, 1.54) is 16.8 Å². The van der Waals surface area contributed by atoms with Gasteiger partial charge in [0.1, 0.15) is 5.65 Å². The summed E-state index contributed by atoms with van der Waals surface area (Å²) in [5.41, 5.74) is 2.75. The number of nitrogens with one attached hydrogen (secondary N) is 2. The van der Waals surface area contributed by atoms with E-state index in [1.54, 1.807) is 11.9 Å². The van der Waals surface area contributed by atoms with E-state index in [1.807, 2.05) is 37.3 Å². The molecular formula is C26H30N6O3. The first-order valence-electron chi connectivity index (χ1n) is 12.0. The largest absolute Gasteiger partial charge is 0.342 e. The summed E-state index contributed by atoms with van der Waals surface area (Å²) >= 11 is 0. The van der Waals surface area contributed by atoms with E-state index < -0.39 is 11.2 Å². The van der Waals surface area contributed by atoms with E-state index in [0.29, 0.717) is 24.3 Å². The molecule has 0 fully saturated rings. The molecule has 35 heavy (non-hydrogen) atoms. The number of aryl methyl sites for hydroxylation is 2. The van der Waals surface area contributed by atoms with Gasteiger partial charge in [-0.2, -0.15) is 5.10 Å². The molecule has 0 spiro atoms. The molecule has 0 unspecified atom stereocenters. The van der Waals surface area contributed by atoms with Crippen molar-refractivity contribution in [2.75, 3.05) is 13.6 Å². The molecule has 182 valence electrons. The maximum absolute atomic E-state index is 12.9. The molecule has 1 aromatic carbocycles. The van der Waals surface area contributed by atoms with Crippen molar-refractivity contribution in [3.8, 4) is 11.3 Å². The lowest BCUT2D eigenvalue weighted by molar-refractivity contribution is 0.0792. The van der Waals surface area contributed by atoms with Gasteiger partial charge in [-0.15, -0.1) is 0 Å². The van der Waals surface area contributed by atoms with Crippen LogP contribution in [0.3, 0.4) is 0 Å². The molecule has 2 N–H and O–H groups in total. The second kappa shape index (κ2) is 10.9. The number of H-pyrrole nitrogens is 2. The summed E-state index contributed by atoms with van der Waals surface area (Å²) in [6, 6.07) is 13.7. The van der Waals surface area contributed by atoms with Crippen molar-refractivity contribution in [2.24, 2.45) is 0 Å². The van der Waals surface area contributed by atoms with Crippen molar-refractivity contribution in [3.05, 3.63) is 80.8 Å². The number of rotatable bonds is 10. The van der Waals surface area contributed by atoms with Crippen LogP contribution < -0.4 is 11.2 Å². The Kier molecular flexibility index (Phi) is 7.54. The lowest BCUT2D eigenvalue weighted by atomic mass is 10.1. The molecule has 0 bridgehead atoms. The van der Waals surface area contributed by atoms with Crippen LogP contribution in [0.5, 0.6) is 0 Å². The minimum absolute atomic E-state index is 0.201. The first-order valence-corrected chi connectivity index (χ1v) is 12.0. The van der Waals surface area contributed by atoms with Gasteiger partial charge in [-0.3, -0.25) is 24.2 Å². The third-order valence-electron chi connectivity index (χ3n) is 6.01. The van der Waals surface area contributed by atoms with Crippen molar-refractivity contribution in [1.82, 2.24) is 29.6 Å². The number of unbranched alkanes of at least 4 members (excludes halogenated alkanes) is 2. The van der Waals surface area contributed by atoms with E-state index in [-0.39, 0.29) is 11.3 Å². The number of amides is 1. The minimum Gasteiger partial charge on any atom is -0.342 e. The molecule has 4 rings (SSSR count). The van der Waals surface area contributed by atoms with E-state index in [9.17, 15) is 14.4 Å². The van der Waals surface area contributed by atoms with E-state index in [2.05, 4.69) is 26.2 Å². The Hall–Kier alpha value is -4.01. The third kappa shape index (κ3) is 5.56. The van der Waals surface area contributed by atoms with Crippen LogP contribution in [0.4, 0.5) is 0 Å². The maximum Gasteiger partial charge on any atom is 0.329 e. The van der Waals surface area contributed by atoms with E-state index in [4.69, 9.17) is 0 Å². The van der Waals surface area contributed by atoms with Crippen molar-refractivity contribution in [3.63, 3.8) is 0 Å². The number of pyridine rings is 1. The van der Waals surface area contributed by atoms with Gasteiger partial charge in [-0.25, -0.2) is 9.78 Å². The van der Waals surface area contributed by atoms with Crippen molar-refractivity contribution in [2.45, 2.75) is 45.6 Å². The Bertz CT molecular complexity index is 1420. The smallest absolute Gasteiger partial charge is 0.329 e. The highest BCUT2D eigenvalue weighted by Crippen LogP contribution is 2.18. The van der Waals surface area contributed by atoms with Crippen LogP contribution in [0.15, 0.2) is 58.3 Å². The Morgan fingerprint density at radius 3 is 2.66 bits per heavy atom. The lowest BCUT2D eigenvalue weighted by Crippen LogP contribution is -2.32. The number of aromatic nitrogens is 5. The molecule has 0 saturated heterocycles. The molecule has 0 saturated carbocycles. The number of carbonyl (C=O) groups is 1. The minimum atomic E-state index is -0.531. The summed E-state index contributed by atoms with van der Waals surface area (Å²) in [7, 11) is 1.75. The van der Waals surface area contributed by atoms with Crippen molar-refractivity contribution < 1.29 is 4.79 Å². The van der Waals surface area contributed by atoms with Crippen LogP contribution >= 0.6 is 0 Å². The first-order chi connectivity index (χ1) is 17.0. The molecule has 0 atom stereocenters. The molecule has 0 aliphatic heterocycles. The highest BCUT2D eigenvalue weighted by atomic mass is 16.2. The maximum atomic E-state index is 12.9. The van der Waals surface area contributed by atoms with Crippen LogP contribution in [-0.2, 0) is 13.0 Å². The monoisotopic (exact) mass is 474 g/mol. The predicted octanol–water partition coefficient (Wildman–Crippen LogP) is 3.37. The molecule has 1 amide bonds. The number of hydrogen-bond donors (Lipinski definition) is 2. The van der Waals surface area contributed by atoms with Gasteiger partial charge in [0.05, 0.1) is 16.6 Å². The average molecular weight is 475 g/mol. The zero-order valence-electron chi connectivity index (χ0n) is 20.1. The molecule has 0 radical (unpaired) electrons. The molecule has 3 aromatic heterocycles. The Balaban J connectivity index is 1.30. The Morgan fingerprint density at radius 2 is 1.89 bits per heavy atom. The van der Waals surface area contributed by atoms with E-state index >= 15 is 0 Å². The van der Waals surface area contributed by atoms with Gasteiger partial charge in [0.25, 0.3) is 11.5 Å². The van der Waals surface area contributed by atoms with Gasteiger partial charge in [0.2, 0.25) is 0 Å². The van der Waals surface area contributed by atoms with Gasteiger partial charge >= 0.3 is 5.69 Å². The number of carbonyl (C=O) groups excluding carboxylic acids is 1. The normalized spacial score (nSPS) is 11.1. The molecule has 0 aliphatic rings. The summed E-state index contributed by atoms with van der Waals surface area (Å²) in [6.07, 6.45) is 5.87. The number of aromatic amines is 2.